The van der Waals surface area contributed by atoms with Crippen LogP contribution >= 0.6 is 0 Å². The smallest absolute Gasteiger partial charge is 0.149 e. The number of aromatic nitrogens is 2. The molecule has 2 heterocycles. The van der Waals surface area contributed by atoms with Crippen LogP contribution in [-0.2, 0) is 5.41 Å². The molecule has 0 radical (unpaired) electrons. The van der Waals surface area contributed by atoms with Crippen LogP contribution < -0.4 is 0 Å². The molecule has 0 aliphatic carbocycles. The second kappa shape index (κ2) is 12.2. The van der Waals surface area contributed by atoms with Crippen molar-refractivity contribution in [2.24, 2.45) is 0 Å². The van der Waals surface area contributed by atoms with E-state index in [0.717, 1.165) is 77.6 Å². The highest BCUT2D eigenvalue weighted by molar-refractivity contribution is 6.10. The average Bonchev–Trinajstić information content (AvgIpc) is 3.68. The fourth-order valence-corrected chi connectivity index (χ4v) is 7.18. The molecule has 0 aliphatic heterocycles. The lowest BCUT2D eigenvalue weighted by atomic mass is 9.85. The molecule has 0 fully saturated rings. The summed E-state index contributed by atoms with van der Waals surface area (Å²) in [4.78, 5) is 5.28. The third-order valence-electron chi connectivity index (χ3n) is 9.90. The predicted octanol–water partition coefficient (Wildman–Crippen LogP) is 13.5. The number of rotatable bonds is 6. The molecule has 248 valence electrons. The van der Waals surface area contributed by atoms with Crippen LogP contribution in [-0.4, -0.2) is 9.55 Å². The molecule has 0 unspecified atom stereocenters. The van der Waals surface area contributed by atoms with Gasteiger partial charge in [-0.1, -0.05) is 133 Å². The van der Waals surface area contributed by atoms with Crippen molar-refractivity contribution in [2.75, 3.05) is 0 Å². The van der Waals surface area contributed by atoms with Gasteiger partial charge in [0.15, 0.2) is 0 Å². The summed E-state index contributed by atoms with van der Waals surface area (Å²) < 4.78 is 28.1. The van der Waals surface area contributed by atoms with E-state index in [-0.39, 0.29) is 5.41 Å². The molecule has 0 saturated heterocycles. The highest BCUT2D eigenvalue weighted by atomic mass is 16.3. The molecular weight excluding hydrogens is 609 g/mol. The van der Waals surface area contributed by atoms with Gasteiger partial charge < -0.3 is 4.42 Å². The molecule has 8 aromatic rings. The number of furan rings is 1. The lowest BCUT2D eigenvalue weighted by Gasteiger charge is -2.25. The van der Waals surface area contributed by atoms with Gasteiger partial charge >= 0.3 is 0 Å². The van der Waals surface area contributed by atoms with E-state index in [4.69, 9.17) is 9.40 Å². The number of benzene rings is 6. The molecule has 6 aromatic carbocycles. The van der Waals surface area contributed by atoms with Crippen LogP contribution in [0.1, 0.15) is 79.7 Å². The maximum atomic E-state index is 9.56. The van der Waals surface area contributed by atoms with E-state index in [9.17, 15) is 2.74 Å². The molecular formula is C47H44N2O. The van der Waals surface area contributed by atoms with Crippen LogP contribution in [0.5, 0.6) is 0 Å². The minimum Gasteiger partial charge on any atom is -0.455 e. The Labute approximate surface area is 298 Å². The number of hydrogen-bond donors (Lipinski definition) is 0. The van der Waals surface area contributed by atoms with Gasteiger partial charge in [0.25, 0.3) is 0 Å². The molecule has 0 saturated carbocycles. The van der Waals surface area contributed by atoms with Gasteiger partial charge in [0, 0.05) is 13.5 Å². The van der Waals surface area contributed by atoms with E-state index < -0.39 is 11.8 Å². The highest BCUT2D eigenvalue weighted by Crippen LogP contribution is 2.43. The van der Waals surface area contributed by atoms with Crippen molar-refractivity contribution in [2.45, 2.75) is 65.7 Å². The standard InChI is InChI=1S/C47H44N2O/c1-29(2)39-26-34(32-20-23-35(24-21-32)47(5,6)7)27-40(30(3)4)44(39)49-42-19-12-11-18-41(42)48-46(49)38-17-13-16-37-36-25-22-33(28-43(36)50-45(37)38)31-14-9-8-10-15-31/h8-30H,1-7H3/i29D,30D. The van der Waals surface area contributed by atoms with Crippen LogP contribution in [0.15, 0.2) is 132 Å². The summed E-state index contributed by atoms with van der Waals surface area (Å²) in [6.45, 7) is 14.4. The quantitative estimate of drug-likeness (QED) is 0.179. The third kappa shape index (κ3) is 5.42. The van der Waals surface area contributed by atoms with Crippen molar-refractivity contribution < 1.29 is 7.16 Å². The summed E-state index contributed by atoms with van der Waals surface area (Å²) in [6, 6.07) is 44.2. The Kier molecular flexibility index (Phi) is 7.18. The molecule has 0 atom stereocenters. The zero-order chi connectivity index (χ0) is 36.6. The Morgan fingerprint density at radius 1 is 0.620 bits per heavy atom. The maximum absolute atomic E-state index is 9.56. The Balaban J connectivity index is 1.41. The average molecular weight is 655 g/mol. The first-order valence-electron chi connectivity index (χ1n) is 18.5. The van der Waals surface area contributed by atoms with Crippen LogP contribution in [0.4, 0.5) is 0 Å². The zero-order valence-corrected chi connectivity index (χ0v) is 29.9. The minimum atomic E-state index is -1.00. The molecule has 3 heteroatoms. The topological polar surface area (TPSA) is 31.0 Å². The molecule has 0 spiro atoms. The molecule has 50 heavy (non-hydrogen) atoms. The van der Waals surface area contributed by atoms with Gasteiger partial charge in [-0.15, -0.1) is 0 Å². The van der Waals surface area contributed by atoms with E-state index in [1.807, 2.05) is 52.0 Å². The Hall–Kier alpha value is -5.41. The number of nitrogens with zero attached hydrogens (tertiary/aromatic N) is 2. The second-order valence-corrected chi connectivity index (χ2v) is 14.9. The Bertz CT molecular complexity index is 2570. The zero-order valence-electron chi connectivity index (χ0n) is 31.9. The van der Waals surface area contributed by atoms with Crippen molar-refractivity contribution in [1.29, 1.82) is 0 Å². The van der Waals surface area contributed by atoms with Crippen LogP contribution in [0.2, 0.25) is 0 Å². The van der Waals surface area contributed by atoms with E-state index in [1.54, 1.807) is 0 Å². The van der Waals surface area contributed by atoms with Crippen molar-refractivity contribution >= 4 is 33.0 Å². The molecule has 0 bridgehead atoms. The van der Waals surface area contributed by atoms with Gasteiger partial charge in [-0.2, -0.15) is 0 Å². The Morgan fingerprint density at radius 2 is 1.26 bits per heavy atom. The fourth-order valence-electron chi connectivity index (χ4n) is 7.18. The fraction of sp³-hybridized carbons (Fsp3) is 0.213. The van der Waals surface area contributed by atoms with Gasteiger partial charge in [0.05, 0.1) is 22.3 Å². The van der Waals surface area contributed by atoms with E-state index in [1.165, 1.54) is 5.56 Å². The van der Waals surface area contributed by atoms with Crippen molar-refractivity contribution in [1.82, 2.24) is 9.55 Å². The van der Waals surface area contributed by atoms with E-state index in [2.05, 4.69) is 128 Å². The summed E-state index contributed by atoms with van der Waals surface area (Å²) in [6.07, 6.45) is 0. The Morgan fingerprint density at radius 3 is 1.94 bits per heavy atom. The molecule has 0 aliphatic rings. The van der Waals surface area contributed by atoms with Crippen LogP contribution in [0.3, 0.4) is 0 Å². The highest BCUT2D eigenvalue weighted by Gasteiger charge is 2.25. The summed E-state index contributed by atoms with van der Waals surface area (Å²) in [5, 5.41) is 2.06. The SMILES string of the molecule is [2H]C(C)(C)c1cc(-c2ccc(C(C)(C)C)cc2)cc(C([2H])(C)C)c1-n1c(-c2cccc3c2oc2cc(-c4ccccc4)ccc23)nc2ccccc21. The van der Waals surface area contributed by atoms with Gasteiger partial charge in [-0.05, 0) is 98.6 Å². The summed E-state index contributed by atoms with van der Waals surface area (Å²) in [5.74, 6) is -1.29. The lowest BCUT2D eigenvalue weighted by molar-refractivity contribution is 0.590. The first-order chi connectivity index (χ1) is 24.7. The van der Waals surface area contributed by atoms with Gasteiger partial charge in [-0.3, -0.25) is 4.57 Å². The number of fused-ring (bicyclic) bond motifs is 4. The summed E-state index contributed by atoms with van der Waals surface area (Å²) >= 11 is 0. The molecule has 2 aromatic heterocycles. The third-order valence-corrected chi connectivity index (χ3v) is 9.90. The predicted molar refractivity (Wildman–Crippen MR) is 212 cm³/mol. The first kappa shape index (κ1) is 29.5. The number of hydrogen-bond acceptors (Lipinski definition) is 2. The second-order valence-electron chi connectivity index (χ2n) is 14.9. The molecule has 0 N–H and O–H groups in total. The van der Waals surface area contributed by atoms with E-state index in [0.29, 0.717) is 5.82 Å². The minimum absolute atomic E-state index is 0.0385. The van der Waals surface area contributed by atoms with Gasteiger partial charge in [0.2, 0.25) is 0 Å². The van der Waals surface area contributed by atoms with Gasteiger partial charge in [-0.25, -0.2) is 4.98 Å². The summed E-state index contributed by atoms with van der Waals surface area (Å²) in [7, 11) is 0. The van der Waals surface area contributed by atoms with Gasteiger partial charge in [0.1, 0.15) is 17.0 Å². The molecule has 0 amide bonds. The van der Waals surface area contributed by atoms with Crippen molar-refractivity contribution in [3.05, 3.63) is 144 Å². The largest absolute Gasteiger partial charge is 0.455 e. The molecule has 8 rings (SSSR count). The van der Waals surface area contributed by atoms with Crippen LogP contribution in [0.25, 0.3) is 72.3 Å². The summed E-state index contributed by atoms with van der Waals surface area (Å²) in [5.41, 5.74) is 12.2. The van der Waals surface area contributed by atoms with E-state index >= 15 is 0 Å². The number of imidazole rings is 1. The van der Waals surface area contributed by atoms with Crippen LogP contribution in [0, 0.1) is 0 Å². The molecule has 3 nitrogen and oxygen atoms in total. The number of para-hydroxylation sites is 3. The maximum Gasteiger partial charge on any atom is 0.149 e. The lowest BCUT2D eigenvalue weighted by Crippen LogP contribution is -2.11. The normalized spacial score (nSPS) is 13.3. The van der Waals surface area contributed by atoms with Crippen molar-refractivity contribution in [3.8, 4) is 39.3 Å². The first-order valence-corrected chi connectivity index (χ1v) is 17.5. The van der Waals surface area contributed by atoms with Crippen molar-refractivity contribution in [3.63, 3.8) is 0 Å². The monoisotopic (exact) mass is 654 g/mol.